The Labute approximate surface area is 308 Å². The van der Waals surface area contributed by atoms with Gasteiger partial charge < -0.3 is 5.11 Å². The van der Waals surface area contributed by atoms with Crippen LogP contribution in [0.3, 0.4) is 0 Å². The molecule has 7 rings (SSSR count). The van der Waals surface area contributed by atoms with Gasteiger partial charge in [-0.25, -0.2) is 9.97 Å². The number of benzene rings is 5. The van der Waals surface area contributed by atoms with Crippen molar-refractivity contribution in [1.29, 1.82) is 0 Å². The maximum absolute atomic E-state index is 11.2. The largest absolute Gasteiger partial charge is 0.507 e. The smallest absolute Gasteiger partial charge is 0.145 e. The average molecular weight is 684 g/mol. The van der Waals surface area contributed by atoms with Gasteiger partial charge in [-0.3, -0.25) is 4.57 Å². The first-order chi connectivity index (χ1) is 25.0. The lowest BCUT2D eigenvalue weighted by Crippen LogP contribution is -2.08. The molecule has 1 N–H and O–H groups in total. The van der Waals surface area contributed by atoms with Crippen molar-refractivity contribution in [3.05, 3.63) is 144 Å². The summed E-state index contributed by atoms with van der Waals surface area (Å²) in [6.45, 7) is 18.0. The van der Waals surface area contributed by atoms with E-state index in [9.17, 15) is 5.11 Å². The molecule has 2 heterocycles. The first kappa shape index (κ1) is 34.9. The lowest BCUT2D eigenvalue weighted by Gasteiger charge is -2.22. The molecule has 0 aliphatic heterocycles. The van der Waals surface area contributed by atoms with E-state index in [4.69, 9.17) is 9.97 Å². The maximum Gasteiger partial charge on any atom is 0.145 e. The molecule has 4 nitrogen and oxygen atoms in total. The van der Waals surface area contributed by atoms with E-state index in [1.54, 1.807) is 6.07 Å². The molecule has 5 aromatic carbocycles. The minimum atomic E-state index is 0.206. The Bertz CT molecular complexity index is 2330. The van der Waals surface area contributed by atoms with Crippen LogP contribution in [0.2, 0.25) is 0 Å². The number of phenolic OH excluding ortho intramolecular Hbond substituents is 1. The quantitative estimate of drug-likeness (QED) is 0.165. The molecule has 0 bridgehead atoms. The van der Waals surface area contributed by atoms with Crippen LogP contribution in [-0.4, -0.2) is 19.6 Å². The van der Waals surface area contributed by atoms with Crippen molar-refractivity contribution in [1.82, 2.24) is 14.5 Å². The summed E-state index contributed by atoms with van der Waals surface area (Å²) in [6, 6.07) is 42.4. The van der Waals surface area contributed by atoms with Crippen molar-refractivity contribution >= 4 is 11.0 Å². The third kappa shape index (κ3) is 6.54. The number of aromatic hydroxyl groups is 1. The van der Waals surface area contributed by atoms with Crippen LogP contribution in [0.5, 0.6) is 5.75 Å². The molecule has 0 spiro atoms. The Hall–Kier alpha value is -5.48. The van der Waals surface area contributed by atoms with Crippen LogP contribution in [0.4, 0.5) is 0 Å². The molecular weight excluding hydrogens is 635 g/mol. The summed E-state index contributed by atoms with van der Waals surface area (Å²) in [4.78, 5) is 10.6. The molecule has 0 unspecified atom stereocenters. The fourth-order valence-electron chi connectivity index (χ4n) is 7.25. The molecule has 0 aliphatic carbocycles. The minimum Gasteiger partial charge on any atom is -0.507 e. The van der Waals surface area contributed by atoms with E-state index in [0.717, 1.165) is 44.8 Å². The average Bonchev–Trinajstić information content (AvgIpc) is 3.54. The summed E-state index contributed by atoms with van der Waals surface area (Å²) in [7, 11) is 0. The Morgan fingerprint density at radius 3 is 1.69 bits per heavy atom. The molecule has 4 heteroatoms. The first-order valence-electron chi connectivity index (χ1n) is 18.7. The van der Waals surface area contributed by atoms with Crippen molar-refractivity contribution in [3.8, 4) is 56.5 Å². The summed E-state index contributed by atoms with van der Waals surface area (Å²) in [5, 5.41) is 11.2. The molecule has 0 atom stereocenters. The van der Waals surface area contributed by atoms with Crippen LogP contribution in [0.1, 0.15) is 101 Å². The highest BCUT2D eigenvalue weighted by Gasteiger charge is 2.24. The zero-order chi connectivity index (χ0) is 36.7. The fraction of sp³-hybridized carbons (Fsp3) is 0.250. The number of aromatic nitrogens is 3. The van der Waals surface area contributed by atoms with Crippen LogP contribution >= 0.6 is 0 Å². The van der Waals surface area contributed by atoms with E-state index < -0.39 is 0 Å². The molecule has 262 valence electrons. The van der Waals surface area contributed by atoms with E-state index in [1.165, 1.54) is 27.9 Å². The highest BCUT2D eigenvalue weighted by atomic mass is 16.3. The van der Waals surface area contributed by atoms with Gasteiger partial charge in [0.15, 0.2) is 0 Å². The first-order valence-corrected chi connectivity index (χ1v) is 18.7. The third-order valence-corrected chi connectivity index (χ3v) is 10.2. The number of pyridine rings is 1. The lowest BCUT2D eigenvalue weighted by molar-refractivity contribution is 0.477. The normalized spacial score (nSPS) is 11.8. The van der Waals surface area contributed by atoms with Gasteiger partial charge in [-0.15, -0.1) is 0 Å². The predicted octanol–water partition coefficient (Wildman–Crippen LogP) is 13.3. The summed E-state index contributed by atoms with van der Waals surface area (Å²) in [5.74, 6) is 2.59. The summed E-state index contributed by atoms with van der Waals surface area (Å²) >= 11 is 0. The van der Waals surface area contributed by atoms with Gasteiger partial charge in [0.05, 0.1) is 28.1 Å². The van der Waals surface area contributed by atoms with Crippen molar-refractivity contribution < 1.29 is 5.11 Å². The van der Waals surface area contributed by atoms with Gasteiger partial charge in [0, 0.05) is 16.7 Å². The van der Waals surface area contributed by atoms with Crippen LogP contribution in [0, 0.1) is 0 Å². The number of fused-ring (bicyclic) bond motifs is 1. The van der Waals surface area contributed by atoms with Gasteiger partial charge in [-0.1, -0.05) is 146 Å². The monoisotopic (exact) mass is 683 g/mol. The SMILES string of the molecule is CC(C)c1cc(-c2ccc(O)c(-c3cccc(-c4cccc5c4nc(-c4ccccc4)n5-c4c(C(C)C)cccc4C(C)C)n3)c2)cc(C(C)C)c1. The minimum absolute atomic E-state index is 0.206. The molecular formula is C48H49N3O. The van der Waals surface area contributed by atoms with E-state index in [-0.39, 0.29) is 5.75 Å². The summed E-state index contributed by atoms with van der Waals surface area (Å²) in [6.07, 6.45) is 0. The van der Waals surface area contributed by atoms with Gasteiger partial charge >= 0.3 is 0 Å². The Morgan fingerprint density at radius 1 is 0.481 bits per heavy atom. The van der Waals surface area contributed by atoms with Gasteiger partial charge in [0.2, 0.25) is 0 Å². The highest BCUT2D eigenvalue weighted by molar-refractivity contribution is 5.95. The molecule has 0 radical (unpaired) electrons. The number of imidazole rings is 1. The summed E-state index contributed by atoms with van der Waals surface area (Å²) in [5.41, 5.74) is 14.8. The number of hydrogen-bond donors (Lipinski definition) is 1. The van der Waals surface area contributed by atoms with Crippen LogP contribution in [-0.2, 0) is 0 Å². The second kappa shape index (κ2) is 14.3. The lowest BCUT2D eigenvalue weighted by atomic mass is 9.90. The highest BCUT2D eigenvalue weighted by Crippen LogP contribution is 2.40. The van der Waals surface area contributed by atoms with Gasteiger partial charge in [0.25, 0.3) is 0 Å². The molecule has 0 saturated heterocycles. The van der Waals surface area contributed by atoms with Crippen molar-refractivity contribution in [3.63, 3.8) is 0 Å². The van der Waals surface area contributed by atoms with Gasteiger partial charge in [0.1, 0.15) is 11.6 Å². The van der Waals surface area contributed by atoms with Gasteiger partial charge in [-0.2, -0.15) is 0 Å². The fourth-order valence-corrected chi connectivity index (χ4v) is 7.25. The van der Waals surface area contributed by atoms with Crippen molar-refractivity contribution in [2.24, 2.45) is 0 Å². The Balaban J connectivity index is 1.41. The Kier molecular flexibility index (Phi) is 9.59. The maximum atomic E-state index is 11.2. The standard InChI is InChI=1S/C48H49N3O/c1-29(2)35-25-36(30(3)4)27-37(26-35)34-23-24-45(52)41(28-34)43-21-14-20-42(49-43)40-19-13-22-44-46(40)50-48(33-15-10-9-11-16-33)51(44)47-38(31(5)6)17-12-18-39(47)32(7)8/h9-32,52H,1-8H3. The van der Waals surface area contributed by atoms with Gasteiger partial charge in [-0.05, 0) is 87.4 Å². The molecule has 7 aromatic rings. The number of nitrogens with zero attached hydrogens (tertiary/aromatic N) is 3. The molecule has 52 heavy (non-hydrogen) atoms. The number of hydrogen-bond acceptors (Lipinski definition) is 3. The second-order valence-corrected chi connectivity index (χ2v) is 15.2. The second-order valence-electron chi connectivity index (χ2n) is 15.2. The topological polar surface area (TPSA) is 50.9 Å². The van der Waals surface area contributed by atoms with Crippen molar-refractivity contribution in [2.75, 3.05) is 0 Å². The number of para-hydroxylation sites is 2. The molecule has 0 saturated carbocycles. The predicted molar refractivity (Wildman–Crippen MR) is 219 cm³/mol. The van der Waals surface area contributed by atoms with E-state index >= 15 is 0 Å². The molecule has 0 fully saturated rings. The van der Waals surface area contributed by atoms with E-state index in [2.05, 4.69) is 145 Å². The zero-order valence-electron chi connectivity index (χ0n) is 31.6. The number of phenols is 1. The molecule has 2 aromatic heterocycles. The molecule has 0 amide bonds. The van der Waals surface area contributed by atoms with Crippen LogP contribution in [0.25, 0.3) is 61.8 Å². The zero-order valence-corrected chi connectivity index (χ0v) is 31.6. The third-order valence-electron chi connectivity index (χ3n) is 10.2. The van der Waals surface area contributed by atoms with E-state index in [1.807, 2.05) is 30.3 Å². The van der Waals surface area contributed by atoms with Crippen LogP contribution < -0.4 is 0 Å². The van der Waals surface area contributed by atoms with E-state index in [0.29, 0.717) is 34.9 Å². The van der Waals surface area contributed by atoms with Crippen LogP contribution in [0.15, 0.2) is 121 Å². The van der Waals surface area contributed by atoms with Crippen molar-refractivity contribution in [2.45, 2.75) is 79.1 Å². The molecule has 0 aliphatic rings. The number of rotatable bonds is 9. The summed E-state index contributed by atoms with van der Waals surface area (Å²) < 4.78 is 2.37. The Morgan fingerprint density at radius 2 is 1.08 bits per heavy atom.